The van der Waals surface area contributed by atoms with Crippen molar-refractivity contribution in [3.05, 3.63) is 71.5 Å². The third-order valence-corrected chi connectivity index (χ3v) is 3.46. The number of amides is 1. The number of hydrogen-bond acceptors (Lipinski definition) is 2. The minimum atomic E-state index is -0.374. The van der Waals surface area contributed by atoms with Crippen molar-refractivity contribution in [1.29, 1.82) is 0 Å². The Morgan fingerprint density at radius 2 is 1.64 bits per heavy atom. The molecular formula is C18H18FNO2. The van der Waals surface area contributed by atoms with E-state index in [9.17, 15) is 14.0 Å². The van der Waals surface area contributed by atoms with Crippen LogP contribution >= 0.6 is 0 Å². The summed E-state index contributed by atoms with van der Waals surface area (Å²) < 4.78 is 12.9. The Bertz CT molecular complexity index is 638. The molecule has 2 aromatic carbocycles. The van der Waals surface area contributed by atoms with Gasteiger partial charge in [0.25, 0.3) is 5.91 Å². The van der Waals surface area contributed by atoms with Gasteiger partial charge in [-0.2, -0.15) is 0 Å². The van der Waals surface area contributed by atoms with E-state index in [-0.39, 0.29) is 30.0 Å². The van der Waals surface area contributed by atoms with Crippen molar-refractivity contribution >= 4 is 11.7 Å². The van der Waals surface area contributed by atoms with E-state index in [1.165, 1.54) is 24.3 Å². The van der Waals surface area contributed by atoms with Gasteiger partial charge in [0.2, 0.25) is 0 Å². The number of ketones is 1. The molecule has 1 unspecified atom stereocenters. The van der Waals surface area contributed by atoms with Crippen LogP contribution in [0.4, 0.5) is 4.39 Å². The van der Waals surface area contributed by atoms with E-state index in [1.807, 2.05) is 13.0 Å². The summed E-state index contributed by atoms with van der Waals surface area (Å²) in [7, 11) is 0. The summed E-state index contributed by atoms with van der Waals surface area (Å²) in [6.45, 7) is 1.91. The standard InChI is InChI=1S/C18H18FNO2/c1-2-16(20-18(22)14-6-4-3-5-7-14)12-17(21)13-8-10-15(19)11-9-13/h3-11,16H,2,12H2,1H3,(H,20,22). The van der Waals surface area contributed by atoms with Crippen LogP contribution < -0.4 is 5.32 Å². The van der Waals surface area contributed by atoms with E-state index >= 15 is 0 Å². The van der Waals surface area contributed by atoms with Gasteiger partial charge in [-0.05, 0) is 42.8 Å². The summed E-state index contributed by atoms with van der Waals surface area (Å²) >= 11 is 0. The Balaban J connectivity index is 1.98. The Hall–Kier alpha value is -2.49. The highest BCUT2D eigenvalue weighted by atomic mass is 19.1. The second-order valence-corrected chi connectivity index (χ2v) is 5.08. The van der Waals surface area contributed by atoms with E-state index in [0.717, 1.165) is 0 Å². The van der Waals surface area contributed by atoms with Gasteiger partial charge < -0.3 is 5.32 Å². The van der Waals surface area contributed by atoms with Crippen LogP contribution in [0.25, 0.3) is 0 Å². The number of nitrogens with one attached hydrogen (secondary N) is 1. The zero-order chi connectivity index (χ0) is 15.9. The topological polar surface area (TPSA) is 46.2 Å². The van der Waals surface area contributed by atoms with Gasteiger partial charge in [0.15, 0.2) is 5.78 Å². The Morgan fingerprint density at radius 3 is 2.23 bits per heavy atom. The van der Waals surface area contributed by atoms with Crippen molar-refractivity contribution in [3.8, 4) is 0 Å². The zero-order valence-corrected chi connectivity index (χ0v) is 12.4. The van der Waals surface area contributed by atoms with Gasteiger partial charge in [0.1, 0.15) is 5.82 Å². The molecule has 1 atom stereocenters. The lowest BCUT2D eigenvalue weighted by molar-refractivity contribution is 0.0911. The molecule has 0 bridgehead atoms. The second-order valence-electron chi connectivity index (χ2n) is 5.08. The first-order valence-electron chi connectivity index (χ1n) is 7.25. The van der Waals surface area contributed by atoms with Crippen molar-refractivity contribution in [2.45, 2.75) is 25.8 Å². The molecular weight excluding hydrogens is 281 g/mol. The molecule has 3 nitrogen and oxygen atoms in total. The highest BCUT2D eigenvalue weighted by Crippen LogP contribution is 2.10. The molecule has 2 rings (SSSR count). The molecule has 0 saturated carbocycles. The number of halogens is 1. The van der Waals surface area contributed by atoms with Gasteiger partial charge in [0, 0.05) is 23.6 Å². The van der Waals surface area contributed by atoms with Crippen LogP contribution in [0.1, 0.15) is 40.5 Å². The van der Waals surface area contributed by atoms with E-state index in [4.69, 9.17) is 0 Å². The Kier molecular flexibility index (Phi) is 5.42. The molecule has 0 aliphatic carbocycles. The van der Waals surface area contributed by atoms with Crippen LogP contribution in [-0.4, -0.2) is 17.7 Å². The predicted octanol–water partition coefficient (Wildman–Crippen LogP) is 3.61. The number of carbonyl (C=O) groups is 2. The lowest BCUT2D eigenvalue weighted by Gasteiger charge is -2.16. The number of benzene rings is 2. The van der Waals surface area contributed by atoms with Crippen molar-refractivity contribution in [3.63, 3.8) is 0 Å². The van der Waals surface area contributed by atoms with E-state index < -0.39 is 0 Å². The second kappa shape index (κ2) is 7.50. The van der Waals surface area contributed by atoms with Gasteiger partial charge in [-0.1, -0.05) is 25.1 Å². The smallest absolute Gasteiger partial charge is 0.251 e. The molecule has 0 aliphatic heterocycles. The number of carbonyl (C=O) groups excluding carboxylic acids is 2. The predicted molar refractivity (Wildman–Crippen MR) is 83.3 cm³/mol. The fraction of sp³-hybridized carbons (Fsp3) is 0.222. The summed E-state index contributed by atoms with van der Waals surface area (Å²) in [5.74, 6) is -0.680. The van der Waals surface area contributed by atoms with Crippen LogP contribution in [0.15, 0.2) is 54.6 Å². The fourth-order valence-corrected chi connectivity index (χ4v) is 2.13. The van der Waals surface area contributed by atoms with E-state index in [2.05, 4.69) is 5.32 Å². The molecule has 0 aromatic heterocycles. The van der Waals surface area contributed by atoms with Crippen LogP contribution in [0.2, 0.25) is 0 Å². The zero-order valence-electron chi connectivity index (χ0n) is 12.4. The molecule has 0 spiro atoms. The molecule has 22 heavy (non-hydrogen) atoms. The molecule has 2 aromatic rings. The Labute approximate surface area is 129 Å². The maximum Gasteiger partial charge on any atom is 0.251 e. The normalized spacial score (nSPS) is 11.7. The average Bonchev–Trinajstić information content (AvgIpc) is 2.55. The first-order valence-corrected chi connectivity index (χ1v) is 7.25. The number of hydrogen-bond donors (Lipinski definition) is 1. The van der Waals surface area contributed by atoms with Gasteiger partial charge in [0.05, 0.1) is 0 Å². The third kappa shape index (κ3) is 4.25. The lowest BCUT2D eigenvalue weighted by atomic mass is 10.0. The van der Waals surface area contributed by atoms with Crippen molar-refractivity contribution in [2.75, 3.05) is 0 Å². The molecule has 4 heteroatoms. The van der Waals surface area contributed by atoms with E-state index in [0.29, 0.717) is 17.5 Å². The summed E-state index contributed by atoms with van der Waals surface area (Å²) in [5, 5.41) is 2.86. The number of Topliss-reactive ketones (excluding diaryl/α,β-unsaturated/α-hetero) is 1. The quantitative estimate of drug-likeness (QED) is 0.828. The maximum absolute atomic E-state index is 12.9. The highest BCUT2D eigenvalue weighted by Gasteiger charge is 2.16. The van der Waals surface area contributed by atoms with Crippen molar-refractivity contribution in [2.24, 2.45) is 0 Å². The summed E-state index contributed by atoms with van der Waals surface area (Å²) in [5.41, 5.74) is 1.02. The SMILES string of the molecule is CCC(CC(=O)c1ccc(F)cc1)NC(=O)c1ccccc1. The number of rotatable bonds is 6. The molecule has 0 saturated heterocycles. The van der Waals surface area contributed by atoms with Crippen molar-refractivity contribution < 1.29 is 14.0 Å². The molecule has 0 fully saturated rings. The fourth-order valence-electron chi connectivity index (χ4n) is 2.13. The largest absolute Gasteiger partial charge is 0.349 e. The molecule has 114 valence electrons. The van der Waals surface area contributed by atoms with Gasteiger partial charge in [-0.3, -0.25) is 9.59 Å². The maximum atomic E-state index is 12.9. The van der Waals surface area contributed by atoms with Crippen LogP contribution in [0, 0.1) is 5.82 Å². The monoisotopic (exact) mass is 299 g/mol. The van der Waals surface area contributed by atoms with Gasteiger partial charge in [-0.25, -0.2) is 4.39 Å². The molecule has 0 heterocycles. The summed E-state index contributed by atoms with van der Waals surface area (Å²) in [6.07, 6.45) is 0.839. The third-order valence-electron chi connectivity index (χ3n) is 3.46. The molecule has 1 amide bonds. The van der Waals surface area contributed by atoms with Crippen LogP contribution in [0.5, 0.6) is 0 Å². The van der Waals surface area contributed by atoms with Crippen LogP contribution in [0.3, 0.4) is 0 Å². The summed E-state index contributed by atoms with van der Waals surface area (Å²) in [6, 6.07) is 14.1. The molecule has 0 radical (unpaired) electrons. The Morgan fingerprint density at radius 1 is 1.00 bits per heavy atom. The van der Waals surface area contributed by atoms with Crippen LogP contribution in [-0.2, 0) is 0 Å². The minimum Gasteiger partial charge on any atom is -0.349 e. The average molecular weight is 299 g/mol. The van der Waals surface area contributed by atoms with Crippen molar-refractivity contribution in [1.82, 2.24) is 5.32 Å². The molecule has 1 N–H and O–H groups in total. The first kappa shape index (κ1) is 15.9. The van der Waals surface area contributed by atoms with Gasteiger partial charge >= 0.3 is 0 Å². The minimum absolute atomic E-state index is 0.111. The lowest BCUT2D eigenvalue weighted by Crippen LogP contribution is -2.36. The first-order chi connectivity index (χ1) is 10.6. The molecule has 0 aliphatic rings. The highest BCUT2D eigenvalue weighted by molar-refractivity contribution is 5.98. The van der Waals surface area contributed by atoms with E-state index in [1.54, 1.807) is 24.3 Å². The summed E-state index contributed by atoms with van der Waals surface area (Å²) in [4.78, 5) is 24.3. The van der Waals surface area contributed by atoms with Gasteiger partial charge in [-0.15, -0.1) is 0 Å².